The van der Waals surface area contributed by atoms with E-state index in [-0.39, 0.29) is 0 Å². The van der Waals surface area contributed by atoms with E-state index in [1.807, 2.05) is 26.1 Å². The molecule has 2 rings (SSSR count). The van der Waals surface area contributed by atoms with Crippen molar-refractivity contribution in [2.45, 2.75) is 19.4 Å². The van der Waals surface area contributed by atoms with Crippen LogP contribution in [0.3, 0.4) is 0 Å². The van der Waals surface area contributed by atoms with E-state index in [0.717, 1.165) is 17.0 Å². The molecule has 0 fully saturated rings. The molecule has 0 aliphatic carbocycles. The monoisotopic (exact) mass is 280 g/mol. The van der Waals surface area contributed by atoms with Crippen molar-refractivity contribution in [3.63, 3.8) is 0 Å². The van der Waals surface area contributed by atoms with E-state index in [1.54, 1.807) is 23.9 Å². The number of ether oxygens (including phenoxy) is 1. The number of hydrogen-bond acceptors (Lipinski definition) is 3. The maximum absolute atomic E-state index is 10.3. The summed E-state index contributed by atoms with van der Waals surface area (Å²) in [6.45, 7) is 1.93. The summed E-state index contributed by atoms with van der Waals surface area (Å²) < 4.78 is 6.87. The molecule has 2 aromatic rings. The predicted molar refractivity (Wildman–Crippen MR) is 74.6 cm³/mol. The van der Waals surface area contributed by atoms with E-state index in [9.17, 15) is 5.11 Å². The van der Waals surface area contributed by atoms with Gasteiger partial charge in [-0.3, -0.25) is 4.68 Å². The zero-order valence-corrected chi connectivity index (χ0v) is 12.0. The van der Waals surface area contributed by atoms with E-state index in [2.05, 4.69) is 5.10 Å². The lowest BCUT2D eigenvalue weighted by molar-refractivity contribution is 0.175. The highest BCUT2D eigenvalue weighted by molar-refractivity contribution is 6.32. The van der Waals surface area contributed by atoms with Crippen LogP contribution in [0.15, 0.2) is 24.3 Å². The van der Waals surface area contributed by atoms with Crippen molar-refractivity contribution in [1.29, 1.82) is 0 Å². The van der Waals surface area contributed by atoms with Gasteiger partial charge in [-0.05, 0) is 30.7 Å². The van der Waals surface area contributed by atoms with Gasteiger partial charge in [0, 0.05) is 19.2 Å². The number of nitrogens with zero attached hydrogens (tertiary/aromatic N) is 2. The molecule has 5 heteroatoms. The quantitative estimate of drug-likeness (QED) is 0.937. The van der Waals surface area contributed by atoms with Gasteiger partial charge in [-0.2, -0.15) is 5.10 Å². The van der Waals surface area contributed by atoms with Crippen LogP contribution in [0.25, 0.3) is 0 Å². The number of methoxy groups -OCH3 is 1. The second-order valence-electron chi connectivity index (χ2n) is 4.51. The lowest BCUT2D eigenvalue weighted by Gasteiger charge is -2.12. The molecule has 0 spiro atoms. The first-order valence-corrected chi connectivity index (χ1v) is 6.40. The Morgan fingerprint density at radius 3 is 2.68 bits per heavy atom. The van der Waals surface area contributed by atoms with Gasteiger partial charge < -0.3 is 9.84 Å². The van der Waals surface area contributed by atoms with Gasteiger partial charge in [0.15, 0.2) is 0 Å². The topological polar surface area (TPSA) is 47.3 Å². The molecule has 1 aromatic carbocycles. The third-order valence-electron chi connectivity index (χ3n) is 3.06. The van der Waals surface area contributed by atoms with E-state index >= 15 is 0 Å². The van der Waals surface area contributed by atoms with Gasteiger partial charge in [0.1, 0.15) is 5.75 Å². The zero-order chi connectivity index (χ0) is 14.0. The molecule has 0 radical (unpaired) electrons. The fourth-order valence-corrected chi connectivity index (χ4v) is 2.33. The molecule has 0 saturated carbocycles. The van der Waals surface area contributed by atoms with E-state index in [4.69, 9.17) is 16.3 Å². The highest BCUT2D eigenvalue weighted by atomic mass is 35.5. The van der Waals surface area contributed by atoms with Gasteiger partial charge in [0.2, 0.25) is 0 Å². The number of aliphatic hydroxyl groups is 1. The minimum absolute atomic E-state index is 0.500. The van der Waals surface area contributed by atoms with Crippen LogP contribution in [-0.4, -0.2) is 22.0 Å². The van der Waals surface area contributed by atoms with Crippen molar-refractivity contribution in [3.8, 4) is 5.75 Å². The Balaban J connectivity index is 2.18. The highest BCUT2D eigenvalue weighted by Gasteiger charge is 2.13. The Morgan fingerprint density at radius 1 is 1.42 bits per heavy atom. The molecule has 1 atom stereocenters. The number of halogens is 1. The molecular formula is C14H17ClN2O2. The Bertz CT molecular complexity index is 581. The standard InChI is InChI=1S/C14H17ClN2O2/c1-9-6-11(17(2)16-9)8-13(18)10-4-5-14(19-3)12(15)7-10/h4-7,13,18H,8H2,1-3H3. The Kier molecular flexibility index (Phi) is 4.12. The number of rotatable bonds is 4. The minimum Gasteiger partial charge on any atom is -0.495 e. The summed E-state index contributed by atoms with van der Waals surface area (Å²) in [5, 5.41) is 15.0. The van der Waals surface area contributed by atoms with Crippen molar-refractivity contribution in [2.24, 2.45) is 7.05 Å². The summed E-state index contributed by atoms with van der Waals surface area (Å²) in [6.07, 6.45) is -0.113. The van der Waals surface area contributed by atoms with E-state index in [1.165, 1.54) is 0 Å². The first kappa shape index (κ1) is 13.9. The van der Waals surface area contributed by atoms with Crippen LogP contribution in [0.1, 0.15) is 23.1 Å². The van der Waals surface area contributed by atoms with Crippen molar-refractivity contribution in [3.05, 3.63) is 46.2 Å². The molecule has 0 saturated heterocycles. The Morgan fingerprint density at radius 2 is 2.16 bits per heavy atom. The Hall–Kier alpha value is -1.52. The van der Waals surface area contributed by atoms with Crippen LogP contribution in [-0.2, 0) is 13.5 Å². The molecule has 1 N–H and O–H groups in total. The number of benzene rings is 1. The minimum atomic E-state index is -0.613. The fourth-order valence-electron chi connectivity index (χ4n) is 2.06. The predicted octanol–water partition coefficient (Wildman–Crippen LogP) is 2.67. The number of aliphatic hydroxyl groups excluding tert-OH is 1. The first-order valence-electron chi connectivity index (χ1n) is 6.02. The van der Waals surface area contributed by atoms with Crippen LogP contribution < -0.4 is 4.74 Å². The molecule has 0 aliphatic heterocycles. The van der Waals surface area contributed by atoms with Gasteiger partial charge in [0.05, 0.1) is 23.9 Å². The normalized spacial score (nSPS) is 12.5. The van der Waals surface area contributed by atoms with Gasteiger partial charge in [-0.25, -0.2) is 0 Å². The highest BCUT2D eigenvalue weighted by Crippen LogP contribution is 2.28. The number of hydrogen-bond donors (Lipinski definition) is 1. The van der Waals surface area contributed by atoms with Gasteiger partial charge >= 0.3 is 0 Å². The van der Waals surface area contributed by atoms with Crippen LogP contribution in [0.5, 0.6) is 5.75 Å². The SMILES string of the molecule is COc1ccc(C(O)Cc2cc(C)nn2C)cc1Cl. The summed E-state index contributed by atoms with van der Waals surface area (Å²) in [5.74, 6) is 0.606. The molecule has 102 valence electrons. The van der Waals surface area contributed by atoms with Crippen LogP contribution in [0.2, 0.25) is 5.02 Å². The first-order chi connectivity index (χ1) is 9.01. The second-order valence-corrected chi connectivity index (χ2v) is 4.92. The van der Waals surface area contributed by atoms with Crippen molar-refractivity contribution >= 4 is 11.6 Å². The summed E-state index contributed by atoms with van der Waals surface area (Å²) >= 11 is 6.06. The van der Waals surface area contributed by atoms with E-state index in [0.29, 0.717) is 17.2 Å². The van der Waals surface area contributed by atoms with Crippen LogP contribution in [0.4, 0.5) is 0 Å². The molecule has 1 heterocycles. The maximum Gasteiger partial charge on any atom is 0.137 e. The largest absolute Gasteiger partial charge is 0.495 e. The van der Waals surface area contributed by atoms with Crippen molar-refractivity contribution < 1.29 is 9.84 Å². The van der Waals surface area contributed by atoms with Crippen LogP contribution >= 0.6 is 11.6 Å². The molecule has 4 nitrogen and oxygen atoms in total. The third-order valence-corrected chi connectivity index (χ3v) is 3.36. The summed E-state index contributed by atoms with van der Waals surface area (Å²) in [5.41, 5.74) is 2.69. The fraction of sp³-hybridized carbons (Fsp3) is 0.357. The van der Waals surface area contributed by atoms with Crippen molar-refractivity contribution in [2.75, 3.05) is 7.11 Å². The maximum atomic E-state index is 10.3. The lowest BCUT2D eigenvalue weighted by atomic mass is 10.0. The Labute approximate surface area is 117 Å². The number of aromatic nitrogens is 2. The molecular weight excluding hydrogens is 264 g/mol. The zero-order valence-electron chi connectivity index (χ0n) is 11.2. The summed E-state index contributed by atoms with van der Waals surface area (Å²) in [4.78, 5) is 0. The molecule has 0 aliphatic rings. The third kappa shape index (κ3) is 3.08. The second kappa shape index (κ2) is 5.63. The molecule has 19 heavy (non-hydrogen) atoms. The summed E-state index contributed by atoms with van der Waals surface area (Å²) in [7, 11) is 3.44. The molecule has 1 unspecified atom stereocenters. The molecule has 0 bridgehead atoms. The summed E-state index contributed by atoms with van der Waals surface area (Å²) in [6, 6.07) is 7.27. The number of aryl methyl sites for hydroxylation is 2. The molecule has 1 aromatic heterocycles. The van der Waals surface area contributed by atoms with Gasteiger partial charge in [-0.1, -0.05) is 17.7 Å². The van der Waals surface area contributed by atoms with Gasteiger partial charge in [-0.15, -0.1) is 0 Å². The molecule has 0 amide bonds. The van der Waals surface area contributed by atoms with E-state index < -0.39 is 6.10 Å². The van der Waals surface area contributed by atoms with Gasteiger partial charge in [0.25, 0.3) is 0 Å². The average Bonchev–Trinajstić information content (AvgIpc) is 2.67. The van der Waals surface area contributed by atoms with Crippen molar-refractivity contribution in [1.82, 2.24) is 9.78 Å². The smallest absolute Gasteiger partial charge is 0.137 e. The van der Waals surface area contributed by atoms with Crippen LogP contribution in [0, 0.1) is 6.92 Å². The lowest BCUT2D eigenvalue weighted by Crippen LogP contribution is -2.06. The average molecular weight is 281 g/mol.